The number of halogens is 1. The number of phenols is 1. The molecule has 0 bridgehead atoms. The lowest BCUT2D eigenvalue weighted by Crippen LogP contribution is -2.34. The van der Waals surface area contributed by atoms with Crippen LogP contribution in [0.1, 0.15) is 19.4 Å². The number of rotatable bonds is 8. The lowest BCUT2D eigenvalue weighted by atomic mass is 10.1. The first-order valence-electron chi connectivity index (χ1n) is 7.26. The molecule has 0 aromatic heterocycles. The van der Waals surface area contributed by atoms with Gasteiger partial charge in [0, 0.05) is 42.8 Å². The molecule has 0 atom stereocenters. The molecule has 0 amide bonds. The minimum Gasteiger partial charge on any atom is -0.504 e. The molecule has 21 heavy (non-hydrogen) atoms. The largest absolute Gasteiger partial charge is 0.504 e. The van der Waals surface area contributed by atoms with Crippen molar-refractivity contribution >= 4 is 11.6 Å². The second kappa shape index (κ2) is 8.47. The monoisotopic (exact) mass is 314 g/mol. The van der Waals surface area contributed by atoms with Gasteiger partial charge in [-0.3, -0.25) is 4.90 Å². The third kappa shape index (κ3) is 6.12. The van der Waals surface area contributed by atoms with E-state index in [9.17, 15) is 5.11 Å². The standard InChI is InChI=1S/C16H27ClN2O2/c1-12(2)10-19(7-6-18(3)4)11-13-8-14(17)9-15(21-5)16(13)20/h8-9,12,20H,6-7,10-11H2,1-5H3. The fraction of sp³-hybridized carbons (Fsp3) is 0.625. The van der Waals surface area contributed by atoms with Crippen molar-refractivity contribution in [2.45, 2.75) is 20.4 Å². The van der Waals surface area contributed by atoms with Crippen LogP contribution in [0.4, 0.5) is 0 Å². The fourth-order valence-corrected chi connectivity index (χ4v) is 2.47. The van der Waals surface area contributed by atoms with E-state index in [0.29, 0.717) is 23.2 Å². The highest BCUT2D eigenvalue weighted by atomic mass is 35.5. The number of likely N-dealkylation sites (N-methyl/N-ethyl adjacent to an activating group) is 1. The number of hydrogen-bond acceptors (Lipinski definition) is 4. The van der Waals surface area contributed by atoms with Gasteiger partial charge in [-0.25, -0.2) is 0 Å². The summed E-state index contributed by atoms with van der Waals surface area (Å²) in [7, 11) is 5.66. The van der Waals surface area contributed by atoms with Crippen molar-refractivity contribution in [3.05, 3.63) is 22.7 Å². The van der Waals surface area contributed by atoms with Gasteiger partial charge in [0.1, 0.15) is 0 Å². The van der Waals surface area contributed by atoms with E-state index in [2.05, 4.69) is 37.7 Å². The summed E-state index contributed by atoms with van der Waals surface area (Å²) in [6.07, 6.45) is 0. The van der Waals surface area contributed by atoms with Gasteiger partial charge >= 0.3 is 0 Å². The summed E-state index contributed by atoms with van der Waals surface area (Å²) < 4.78 is 5.17. The van der Waals surface area contributed by atoms with Crippen LogP contribution in [0.15, 0.2) is 12.1 Å². The Morgan fingerprint density at radius 2 is 1.90 bits per heavy atom. The molecule has 0 aliphatic heterocycles. The molecule has 1 aromatic rings. The summed E-state index contributed by atoms with van der Waals surface area (Å²) in [6.45, 7) is 7.95. The first kappa shape index (κ1) is 18.1. The number of benzene rings is 1. The SMILES string of the molecule is COc1cc(Cl)cc(CN(CCN(C)C)CC(C)C)c1O. The maximum atomic E-state index is 10.3. The van der Waals surface area contributed by atoms with E-state index < -0.39 is 0 Å². The van der Waals surface area contributed by atoms with Crippen molar-refractivity contribution in [3.63, 3.8) is 0 Å². The minimum absolute atomic E-state index is 0.181. The molecule has 1 N–H and O–H groups in total. The molecule has 0 saturated carbocycles. The van der Waals surface area contributed by atoms with Gasteiger partial charge in [-0.05, 0) is 26.1 Å². The molecular formula is C16H27ClN2O2. The van der Waals surface area contributed by atoms with Gasteiger partial charge in [0.2, 0.25) is 0 Å². The van der Waals surface area contributed by atoms with Crippen molar-refractivity contribution in [2.75, 3.05) is 40.8 Å². The molecule has 0 aliphatic rings. The average molecular weight is 315 g/mol. The zero-order chi connectivity index (χ0) is 16.0. The predicted molar refractivity (Wildman–Crippen MR) is 88.3 cm³/mol. The Morgan fingerprint density at radius 1 is 1.24 bits per heavy atom. The third-order valence-corrected chi connectivity index (χ3v) is 3.44. The van der Waals surface area contributed by atoms with E-state index >= 15 is 0 Å². The van der Waals surface area contributed by atoms with Gasteiger partial charge in [-0.2, -0.15) is 0 Å². The number of ether oxygens (including phenoxy) is 1. The average Bonchev–Trinajstić information content (AvgIpc) is 2.39. The molecule has 0 heterocycles. The lowest BCUT2D eigenvalue weighted by Gasteiger charge is -2.26. The van der Waals surface area contributed by atoms with Crippen LogP contribution in [-0.4, -0.2) is 55.7 Å². The van der Waals surface area contributed by atoms with Crippen LogP contribution in [0.5, 0.6) is 11.5 Å². The molecule has 0 saturated heterocycles. The second-order valence-corrected chi connectivity index (χ2v) is 6.48. The molecule has 0 spiro atoms. The highest BCUT2D eigenvalue weighted by molar-refractivity contribution is 6.30. The lowest BCUT2D eigenvalue weighted by molar-refractivity contribution is 0.209. The summed E-state index contributed by atoms with van der Waals surface area (Å²) in [5.74, 6) is 1.17. The summed E-state index contributed by atoms with van der Waals surface area (Å²) >= 11 is 6.10. The van der Waals surface area contributed by atoms with Crippen LogP contribution in [-0.2, 0) is 6.54 Å². The molecule has 0 aliphatic carbocycles. The van der Waals surface area contributed by atoms with Crippen LogP contribution >= 0.6 is 11.6 Å². The molecule has 0 radical (unpaired) electrons. The van der Waals surface area contributed by atoms with Crippen LogP contribution < -0.4 is 4.74 Å². The maximum Gasteiger partial charge on any atom is 0.162 e. The summed E-state index contributed by atoms with van der Waals surface area (Å²) in [6, 6.07) is 3.44. The zero-order valence-corrected chi connectivity index (χ0v) is 14.4. The van der Waals surface area contributed by atoms with Gasteiger partial charge in [0.25, 0.3) is 0 Å². The summed E-state index contributed by atoms with van der Waals surface area (Å²) in [5, 5.41) is 10.8. The van der Waals surface area contributed by atoms with Gasteiger partial charge in [0.15, 0.2) is 11.5 Å². The van der Waals surface area contributed by atoms with Crippen LogP contribution in [0, 0.1) is 5.92 Å². The van der Waals surface area contributed by atoms with Crippen molar-refractivity contribution < 1.29 is 9.84 Å². The first-order chi connectivity index (χ1) is 9.83. The Bertz CT molecular complexity index is 450. The van der Waals surface area contributed by atoms with E-state index in [1.807, 2.05) is 6.07 Å². The molecular weight excluding hydrogens is 288 g/mol. The highest BCUT2D eigenvalue weighted by Crippen LogP contribution is 2.34. The van der Waals surface area contributed by atoms with Gasteiger partial charge in [-0.15, -0.1) is 0 Å². The zero-order valence-electron chi connectivity index (χ0n) is 13.7. The summed E-state index contributed by atoms with van der Waals surface area (Å²) in [4.78, 5) is 4.49. The number of phenolic OH excluding ortho intramolecular Hbond substituents is 1. The third-order valence-electron chi connectivity index (χ3n) is 3.22. The Balaban J connectivity index is 2.88. The van der Waals surface area contributed by atoms with E-state index in [-0.39, 0.29) is 5.75 Å². The van der Waals surface area contributed by atoms with Gasteiger partial charge in [0.05, 0.1) is 7.11 Å². The molecule has 1 aromatic carbocycles. The second-order valence-electron chi connectivity index (χ2n) is 6.05. The number of aromatic hydroxyl groups is 1. The van der Waals surface area contributed by atoms with E-state index in [1.165, 1.54) is 7.11 Å². The van der Waals surface area contributed by atoms with Crippen LogP contribution in [0.25, 0.3) is 0 Å². The Morgan fingerprint density at radius 3 is 2.43 bits per heavy atom. The smallest absolute Gasteiger partial charge is 0.162 e. The molecule has 0 unspecified atom stereocenters. The number of methoxy groups -OCH3 is 1. The minimum atomic E-state index is 0.181. The van der Waals surface area contributed by atoms with E-state index in [0.717, 1.165) is 25.2 Å². The molecule has 5 heteroatoms. The molecule has 0 fully saturated rings. The maximum absolute atomic E-state index is 10.3. The topological polar surface area (TPSA) is 35.9 Å². The van der Waals surface area contributed by atoms with Gasteiger partial charge in [-0.1, -0.05) is 25.4 Å². The molecule has 1 rings (SSSR count). The number of hydrogen-bond donors (Lipinski definition) is 1. The van der Waals surface area contributed by atoms with Crippen molar-refractivity contribution in [1.82, 2.24) is 9.80 Å². The molecule has 120 valence electrons. The Hall–Kier alpha value is -0.970. The van der Waals surface area contributed by atoms with E-state index in [4.69, 9.17) is 16.3 Å². The fourth-order valence-electron chi connectivity index (χ4n) is 2.24. The molecule has 4 nitrogen and oxygen atoms in total. The normalized spacial score (nSPS) is 11.7. The van der Waals surface area contributed by atoms with E-state index in [1.54, 1.807) is 6.07 Å². The predicted octanol–water partition coefficient (Wildman–Crippen LogP) is 3.07. The number of nitrogens with zero attached hydrogens (tertiary/aromatic N) is 2. The van der Waals surface area contributed by atoms with Crippen LogP contribution in [0.2, 0.25) is 5.02 Å². The van der Waals surface area contributed by atoms with Crippen molar-refractivity contribution in [2.24, 2.45) is 5.92 Å². The highest BCUT2D eigenvalue weighted by Gasteiger charge is 2.15. The van der Waals surface area contributed by atoms with Crippen molar-refractivity contribution in [1.29, 1.82) is 0 Å². The first-order valence-corrected chi connectivity index (χ1v) is 7.63. The van der Waals surface area contributed by atoms with Gasteiger partial charge < -0.3 is 14.7 Å². The Kier molecular flexibility index (Phi) is 7.29. The van der Waals surface area contributed by atoms with Crippen molar-refractivity contribution in [3.8, 4) is 11.5 Å². The quantitative estimate of drug-likeness (QED) is 0.800. The Labute approximate surface area is 133 Å². The van der Waals surface area contributed by atoms with Crippen LogP contribution in [0.3, 0.4) is 0 Å². The summed E-state index contributed by atoms with van der Waals surface area (Å²) in [5.41, 5.74) is 0.804.